The Hall–Kier alpha value is -3.66. The fourth-order valence-corrected chi connectivity index (χ4v) is 6.70. The number of aromatic amines is 1. The average molecular weight is 455 g/mol. The number of hydrogen-bond donors (Lipinski definition) is 3. The molecule has 3 aliphatic rings. The molecule has 1 aromatic heterocycles. The normalized spacial score (nSPS) is 28.5. The largest absolute Gasteiger partial charge is 0.404 e. The molecule has 0 saturated heterocycles. The van der Waals surface area contributed by atoms with E-state index in [0.29, 0.717) is 29.4 Å². The molecule has 2 aliphatic carbocycles. The van der Waals surface area contributed by atoms with Crippen molar-refractivity contribution >= 4 is 28.4 Å². The summed E-state index contributed by atoms with van der Waals surface area (Å²) in [6.07, 6.45) is 8.69. The number of anilines is 1. The van der Waals surface area contributed by atoms with E-state index in [4.69, 9.17) is 11.0 Å². The van der Waals surface area contributed by atoms with E-state index >= 15 is 4.39 Å². The number of allylic oxidation sites excluding steroid dienone is 1. The molecule has 2 bridgehead atoms. The number of halogens is 1. The van der Waals surface area contributed by atoms with Crippen LogP contribution in [0.3, 0.4) is 0 Å². The molecule has 4 N–H and O–H groups in total. The fraction of sp³-hybridized carbons (Fsp3) is 0.370. The van der Waals surface area contributed by atoms with Crippen molar-refractivity contribution in [3.05, 3.63) is 65.2 Å². The number of fused-ring (bicyclic) bond motifs is 9. The summed E-state index contributed by atoms with van der Waals surface area (Å²) in [5.41, 5.74) is 11.2. The van der Waals surface area contributed by atoms with E-state index in [0.717, 1.165) is 33.2 Å². The van der Waals surface area contributed by atoms with Crippen molar-refractivity contribution in [3.8, 4) is 6.07 Å². The van der Waals surface area contributed by atoms with Gasteiger partial charge in [0.1, 0.15) is 11.9 Å². The van der Waals surface area contributed by atoms with Gasteiger partial charge in [-0.1, -0.05) is 24.3 Å². The van der Waals surface area contributed by atoms with Crippen LogP contribution in [0.5, 0.6) is 0 Å². The fourth-order valence-electron chi connectivity index (χ4n) is 6.70. The van der Waals surface area contributed by atoms with Crippen molar-refractivity contribution in [3.63, 3.8) is 0 Å². The van der Waals surface area contributed by atoms with Crippen LogP contribution in [0.15, 0.2) is 47.7 Å². The number of nitrogens with zero attached hydrogens (tertiary/aromatic N) is 3. The lowest BCUT2D eigenvalue weighted by molar-refractivity contribution is 0.247. The molecule has 3 aromatic rings. The number of rotatable bonds is 4. The van der Waals surface area contributed by atoms with Crippen molar-refractivity contribution in [1.82, 2.24) is 10.2 Å². The third-order valence-corrected chi connectivity index (χ3v) is 8.14. The third-order valence-electron chi connectivity index (χ3n) is 8.14. The average Bonchev–Trinajstić information content (AvgIpc) is 3.61. The Bertz CT molecular complexity index is 1350. The highest BCUT2D eigenvalue weighted by Crippen LogP contribution is 2.64. The Kier molecular flexibility index (Phi) is 4.91. The predicted molar refractivity (Wildman–Crippen MR) is 132 cm³/mol. The van der Waals surface area contributed by atoms with Gasteiger partial charge in [-0.05, 0) is 66.5 Å². The zero-order valence-corrected chi connectivity index (χ0v) is 19.0. The molecule has 6 unspecified atom stereocenters. The maximum atomic E-state index is 15.3. The lowest BCUT2D eigenvalue weighted by Crippen LogP contribution is -2.36. The molecule has 0 amide bonds. The minimum Gasteiger partial charge on any atom is -0.404 e. The quantitative estimate of drug-likeness (QED) is 0.467. The summed E-state index contributed by atoms with van der Waals surface area (Å²) in [6.45, 7) is 1.74. The lowest BCUT2D eigenvalue weighted by atomic mass is 9.67. The van der Waals surface area contributed by atoms with Crippen molar-refractivity contribution in [2.75, 3.05) is 5.32 Å². The second-order valence-corrected chi connectivity index (χ2v) is 9.86. The second kappa shape index (κ2) is 7.98. The van der Waals surface area contributed by atoms with Gasteiger partial charge in [0.15, 0.2) is 0 Å². The van der Waals surface area contributed by atoms with Gasteiger partial charge < -0.3 is 11.1 Å². The van der Waals surface area contributed by atoms with E-state index in [1.54, 1.807) is 19.2 Å². The predicted octanol–water partition coefficient (Wildman–Crippen LogP) is 5.28. The number of hydrogen-bond acceptors (Lipinski definition) is 5. The smallest absolute Gasteiger partial charge is 0.148 e. The molecule has 6 nitrogen and oxygen atoms in total. The van der Waals surface area contributed by atoms with Crippen LogP contribution in [-0.4, -0.2) is 22.5 Å². The summed E-state index contributed by atoms with van der Waals surface area (Å²) in [5.74, 6) is 1.80. The SMILES string of the molecule is CC(C#N)N=CC(=CN)c1ccc(C2Nc3c(F)cc4[nH]ncc4c3C3C4CCC(C4)C23)cc1. The molecule has 2 aromatic carbocycles. The molecule has 172 valence electrons. The maximum absolute atomic E-state index is 15.3. The van der Waals surface area contributed by atoms with Crippen molar-refractivity contribution in [1.29, 1.82) is 5.26 Å². The topological polar surface area (TPSA) is 103 Å². The zero-order chi connectivity index (χ0) is 23.4. The highest BCUT2D eigenvalue weighted by atomic mass is 19.1. The standard InChI is InChI=1S/C27H27FN6/c1-14(10-29)31-12-19(11-30)15-2-4-16(5-3-15)26-24-18-7-6-17(8-18)23(24)25-20-13-32-34-22(20)9-21(28)27(25)33-26/h2-5,9,11-14,17-18,23-24,26,33H,6-8,30H2,1H3,(H,32,34). The summed E-state index contributed by atoms with van der Waals surface area (Å²) in [5, 5.41) is 20.8. The van der Waals surface area contributed by atoms with Crippen LogP contribution < -0.4 is 11.1 Å². The molecule has 0 spiro atoms. The summed E-state index contributed by atoms with van der Waals surface area (Å²) in [6, 6.07) is 11.6. The molecular weight excluding hydrogens is 427 g/mol. The minimum absolute atomic E-state index is 0.0540. The maximum Gasteiger partial charge on any atom is 0.148 e. The Balaban J connectivity index is 1.38. The highest BCUT2D eigenvalue weighted by molar-refractivity contribution is 6.09. The Morgan fingerprint density at radius 2 is 2.09 bits per heavy atom. The van der Waals surface area contributed by atoms with Crippen LogP contribution in [0.1, 0.15) is 54.8 Å². The van der Waals surface area contributed by atoms with Gasteiger partial charge in [0.2, 0.25) is 0 Å². The number of aliphatic imine (C=N–C) groups is 1. The Labute approximate surface area is 197 Å². The van der Waals surface area contributed by atoms with Gasteiger partial charge in [-0.2, -0.15) is 10.4 Å². The van der Waals surface area contributed by atoms with Crippen molar-refractivity contribution in [2.45, 2.75) is 44.2 Å². The minimum atomic E-state index is -0.424. The molecule has 34 heavy (non-hydrogen) atoms. The summed E-state index contributed by atoms with van der Waals surface area (Å²) < 4.78 is 15.3. The number of aromatic nitrogens is 2. The number of nitrogens with one attached hydrogen (secondary N) is 2. The van der Waals surface area contributed by atoms with Crippen LogP contribution >= 0.6 is 0 Å². The van der Waals surface area contributed by atoms with E-state index in [9.17, 15) is 0 Å². The summed E-state index contributed by atoms with van der Waals surface area (Å²) >= 11 is 0. The summed E-state index contributed by atoms with van der Waals surface area (Å²) in [7, 11) is 0. The number of H-pyrrole nitrogens is 1. The van der Waals surface area contributed by atoms with Crippen molar-refractivity contribution < 1.29 is 4.39 Å². The van der Waals surface area contributed by atoms with E-state index in [1.165, 1.54) is 25.5 Å². The second-order valence-electron chi connectivity index (χ2n) is 9.86. The first-order valence-electron chi connectivity index (χ1n) is 12.0. The first kappa shape index (κ1) is 20.9. The van der Waals surface area contributed by atoms with Crippen LogP contribution in [-0.2, 0) is 0 Å². The van der Waals surface area contributed by atoms with Crippen molar-refractivity contribution in [2.24, 2.45) is 28.5 Å². The van der Waals surface area contributed by atoms with E-state index in [2.05, 4.69) is 38.7 Å². The first-order valence-corrected chi connectivity index (χ1v) is 12.0. The lowest BCUT2D eigenvalue weighted by Gasteiger charge is -2.44. The molecule has 0 radical (unpaired) electrons. The Morgan fingerprint density at radius 1 is 1.29 bits per heavy atom. The number of nitriles is 1. The Morgan fingerprint density at radius 3 is 2.85 bits per heavy atom. The molecule has 7 heteroatoms. The van der Waals surface area contributed by atoms with Crippen LogP contribution in [0, 0.1) is 34.9 Å². The van der Waals surface area contributed by atoms with Gasteiger partial charge in [-0.3, -0.25) is 10.1 Å². The molecule has 6 rings (SSSR count). The highest BCUT2D eigenvalue weighted by Gasteiger charge is 2.54. The molecular formula is C27H27FN6. The number of benzene rings is 2. The van der Waals surface area contributed by atoms with Gasteiger partial charge in [0.25, 0.3) is 0 Å². The van der Waals surface area contributed by atoms with E-state index < -0.39 is 6.04 Å². The molecule has 6 atom stereocenters. The van der Waals surface area contributed by atoms with Crippen LogP contribution in [0.4, 0.5) is 10.1 Å². The van der Waals surface area contributed by atoms with Gasteiger partial charge in [0, 0.05) is 29.4 Å². The van der Waals surface area contributed by atoms with Gasteiger partial charge in [0.05, 0.1) is 29.5 Å². The summed E-state index contributed by atoms with van der Waals surface area (Å²) in [4.78, 5) is 4.23. The molecule has 1 aliphatic heterocycles. The van der Waals surface area contributed by atoms with E-state index in [-0.39, 0.29) is 11.9 Å². The van der Waals surface area contributed by atoms with Crippen LogP contribution in [0.2, 0.25) is 0 Å². The first-order chi connectivity index (χ1) is 16.6. The van der Waals surface area contributed by atoms with Gasteiger partial charge in [-0.25, -0.2) is 4.39 Å². The molecule has 2 heterocycles. The van der Waals surface area contributed by atoms with Gasteiger partial charge >= 0.3 is 0 Å². The molecule has 2 fully saturated rings. The number of nitrogens with two attached hydrogens (primary N) is 1. The van der Waals surface area contributed by atoms with Crippen LogP contribution in [0.25, 0.3) is 16.5 Å². The monoisotopic (exact) mass is 454 g/mol. The zero-order valence-electron chi connectivity index (χ0n) is 19.0. The third kappa shape index (κ3) is 3.12. The molecule has 2 saturated carbocycles. The van der Waals surface area contributed by atoms with Gasteiger partial charge in [-0.15, -0.1) is 0 Å². The van der Waals surface area contributed by atoms with E-state index in [1.807, 2.05) is 18.3 Å².